The van der Waals surface area contributed by atoms with Gasteiger partial charge in [0.15, 0.2) is 0 Å². The lowest BCUT2D eigenvalue weighted by Gasteiger charge is -2.14. The van der Waals surface area contributed by atoms with Crippen molar-refractivity contribution in [1.82, 2.24) is 5.32 Å². The monoisotopic (exact) mass is 299 g/mol. The summed E-state index contributed by atoms with van der Waals surface area (Å²) in [5.41, 5.74) is 3.29. The highest BCUT2D eigenvalue weighted by molar-refractivity contribution is 5.39. The Morgan fingerprint density at radius 2 is 1.68 bits per heavy atom. The Morgan fingerprint density at radius 3 is 2.36 bits per heavy atom. The Bertz CT molecular complexity index is 549. The fraction of sp³-hybridized carbons (Fsp3) is 0.368. The van der Waals surface area contributed by atoms with Gasteiger partial charge in [-0.1, -0.05) is 48.5 Å². The molecule has 2 N–H and O–H groups in total. The van der Waals surface area contributed by atoms with Crippen LogP contribution in [0.25, 0.3) is 0 Å². The van der Waals surface area contributed by atoms with Crippen molar-refractivity contribution < 1.29 is 9.84 Å². The Hall–Kier alpha value is -1.84. The molecule has 0 aliphatic heterocycles. The number of aryl methyl sites for hydroxylation is 2. The highest BCUT2D eigenvalue weighted by atomic mass is 16.5. The van der Waals surface area contributed by atoms with Gasteiger partial charge in [-0.25, -0.2) is 0 Å². The Kier molecular flexibility index (Phi) is 6.44. The van der Waals surface area contributed by atoms with E-state index in [4.69, 9.17) is 4.74 Å². The van der Waals surface area contributed by atoms with Gasteiger partial charge in [-0.05, 0) is 43.5 Å². The van der Waals surface area contributed by atoms with Crippen LogP contribution in [0, 0.1) is 13.8 Å². The van der Waals surface area contributed by atoms with E-state index in [2.05, 4.69) is 31.3 Å². The van der Waals surface area contributed by atoms with Crippen molar-refractivity contribution in [3.63, 3.8) is 0 Å². The molecule has 118 valence electrons. The summed E-state index contributed by atoms with van der Waals surface area (Å²) in [5.74, 6) is 0.992. The second-order valence-electron chi connectivity index (χ2n) is 5.55. The van der Waals surface area contributed by atoms with Crippen LogP contribution in [0.5, 0.6) is 5.75 Å². The van der Waals surface area contributed by atoms with E-state index >= 15 is 0 Å². The smallest absolute Gasteiger partial charge is 0.125 e. The highest BCUT2D eigenvalue weighted by Crippen LogP contribution is 2.22. The maximum Gasteiger partial charge on any atom is 0.125 e. The molecule has 0 heterocycles. The predicted molar refractivity (Wildman–Crippen MR) is 90.3 cm³/mol. The molecule has 0 radical (unpaired) electrons. The molecule has 0 aliphatic carbocycles. The Morgan fingerprint density at radius 1 is 1.00 bits per heavy atom. The van der Waals surface area contributed by atoms with Crippen LogP contribution in [0.15, 0.2) is 48.5 Å². The summed E-state index contributed by atoms with van der Waals surface area (Å²) in [7, 11) is 0. The van der Waals surface area contributed by atoms with Gasteiger partial charge in [0.2, 0.25) is 0 Å². The summed E-state index contributed by atoms with van der Waals surface area (Å²) in [6, 6.07) is 15.9. The molecule has 3 heteroatoms. The van der Waals surface area contributed by atoms with Gasteiger partial charge in [0.25, 0.3) is 0 Å². The summed E-state index contributed by atoms with van der Waals surface area (Å²) >= 11 is 0. The van der Waals surface area contributed by atoms with E-state index < -0.39 is 6.10 Å². The van der Waals surface area contributed by atoms with Crippen molar-refractivity contribution in [2.75, 3.05) is 19.7 Å². The van der Waals surface area contributed by atoms with Crippen LogP contribution in [0.4, 0.5) is 0 Å². The molecule has 0 spiro atoms. The zero-order chi connectivity index (χ0) is 15.8. The standard InChI is InChI=1S/C19H25NO2/c1-15-8-6-9-16(2)19(15)22-13-7-12-20-14-18(21)17-10-4-3-5-11-17/h3-6,8-11,18,20-21H,7,12-14H2,1-2H3. The van der Waals surface area contributed by atoms with E-state index in [1.54, 1.807) is 0 Å². The number of nitrogens with one attached hydrogen (secondary N) is 1. The van der Waals surface area contributed by atoms with Gasteiger partial charge in [0.05, 0.1) is 12.7 Å². The van der Waals surface area contributed by atoms with Gasteiger partial charge >= 0.3 is 0 Å². The minimum Gasteiger partial charge on any atom is -0.493 e. The topological polar surface area (TPSA) is 41.5 Å². The highest BCUT2D eigenvalue weighted by Gasteiger charge is 2.06. The maximum absolute atomic E-state index is 10.0. The molecular formula is C19H25NO2. The van der Waals surface area contributed by atoms with E-state index in [0.717, 1.165) is 24.3 Å². The molecule has 2 rings (SSSR count). The van der Waals surface area contributed by atoms with Crippen molar-refractivity contribution in [3.8, 4) is 5.75 Å². The number of ether oxygens (including phenoxy) is 1. The van der Waals surface area contributed by atoms with Crippen LogP contribution in [-0.4, -0.2) is 24.8 Å². The molecule has 0 saturated carbocycles. The Balaban J connectivity index is 1.64. The second kappa shape index (κ2) is 8.57. The van der Waals surface area contributed by atoms with Crippen LogP contribution in [-0.2, 0) is 0 Å². The van der Waals surface area contributed by atoms with Crippen molar-refractivity contribution in [2.24, 2.45) is 0 Å². The van der Waals surface area contributed by atoms with Crippen LogP contribution < -0.4 is 10.1 Å². The Labute approximate surface area is 133 Å². The third-order valence-corrected chi connectivity index (χ3v) is 3.68. The summed E-state index contributed by atoms with van der Waals surface area (Å²) in [5, 5.41) is 13.3. The fourth-order valence-electron chi connectivity index (χ4n) is 2.43. The zero-order valence-electron chi connectivity index (χ0n) is 13.4. The predicted octanol–water partition coefficient (Wildman–Crippen LogP) is 3.40. The fourth-order valence-corrected chi connectivity index (χ4v) is 2.43. The molecular weight excluding hydrogens is 274 g/mol. The first-order valence-electron chi connectivity index (χ1n) is 7.81. The number of benzene rings is 2. The van der Waals surface area contributed by atoms with E-state index in [9.17, 15) is 5.11 Å². The van der Waals surface area contributed by atoms with E-state index in [1.807, 2.05) is 36.4 Å². The first-order chi connectivity index (χ1) is 10.7. The minimum absolute atomic E-state index is 0.458. The van der Waals surface area contributed by atoms with Gasteiger partial charge in [-0.3, -0.25) is 0 Å². The number of aliphatic hydroxyl groups is 1. The van der Waals surface area contributed by atoms with Gasteiger partial charge in [0, 0.05) is 6.54 Å². The van der Waals surface area contributed by atoms with Gasteiger partial charge < -0.3 is 15.2 Å². The summed E-state index contributed by atoms with van der Waals surface area (Å²) in [6.45, 7) is 6.20. The molecule has 0 saturated heterocycles. The molecule has 0 amide bonds. The molecule has 3 nitrogen and oxygen atoms in total. The van der Waals surface area contributed by atoms with Crippen molar-refractivity contribution in [3.05, 3.63) is 65.2 Å². The SMILES string of the molecule is Cc1cccc(C)c1OCCCNCC(O)c1ccccc1. The normalized spacial score (nSPS) is 12.1. The van der Waals surface area contributed by atoms with Gasteiger partial charge in [-0.2, -0.15) is 0 Å². The molecule has 2 aromatic carbocycles. The lowest BCUT2D eigenvalue weighted by Crippen LogP contribution is -2.23. The van der Waals surface area contributed by atoms with Crippen molar-refractivity contribution in [1.29, 1.82) is 0 Å². The molecule has 1 unspecified atom stereocenters. The van der Waals surface area contributed by atoms with Crippen molar-refractivity contribution >= 4 is 0 Å². The largest absolute Gasteiger partial charge is 0.493 e. The van der Waals surface area contributed by atoms with E-state index in [1.165, 1.54) is 11.1 Å². The van der Waals surface area contributed by atoms with Crippen molar-refractivity contribution in [2.45, 2.75) is 26.4 Å². The number of rotatable bonds is 8. The zero-order valence-corrected chi connectivity index (χ0v) is 13.4. The average molecular weight is 299 g/mol. The molecule has 22 heavy (non-hydrogen) atoms. The minimum atomic E-state index is -0.458. The second-order valence-corrected chi connectivity index (χ2v) is 5.55. The van der Waals surface area contributed by atoms with Crippen LogP contribution >= 0.6 is 0 Å². The molecule has 0 aliphatic rings. The third-order valence-electron chi connectivity index (χ3n) is 3.68. The van der Waals surface area contributed by atoms with Gasteiger partial charge in [-0.15, -0.1) is 0 Å². The number of para-hydroxylation sites is 1. The van der Waals surface area contributed by atoms with E-state index in [-0.39, 0.29) is 0 Å². The van der Waals surface area contributed by atoms with Crippen LogP contribution in [0.1, 0.15) is 29.2 Å². The number of aliphatic hydroxyl groups excluding tert-OH is 1. The summed E-state index contributed by atoms with van der Waals surface area (Å²) < 4.78 is 5.86. The number of hydrogen-bond acceptors (Lipinski definition) is 3. The van der Waals surface area contributed by atoms with Crippen LogP contribution in [0.2, 0.25) is 0 Å². The molecule has 2 aromatic rings. The third kappa shape index (κ3) is 4.86. The van der Waals surface area contributed by atoms with Crippen LogP contribution in [0.3, 0.4) is 0 Å². The van der Waals surface area contributed by atoms with E-state index in [0.29, 0.717) is 13.2 Å². The van der Waals surface area contributed by atoms with Gasteiger partial charge in [0.1, 0.15) is 5.75 Å². The number of hydrogen-bond donors (Lipinski definition) is 2. The lowest BCUT2D eigenvalue weighted by molar-refractivity contribution is 0.173. The molecule has 0 bridgehead atoms. The summed E-state index contributed by atoms with van der Waals surface area (Å²) in [4.78, 5) is 0. The average Bonchev–Trinajstić information content (AvgIpc) is 2.53. The first kappa shape index (κ1) is 16.5. The molecule has 1 atom stereocenters. The molecule has 0 aromatic heterocycles. The first-order valence-corrected chi connectivity index (χ1v) is 7.81. The molecule has 0 fully saturated rings. The quantitative estimate of drug-likeness (QED) is 0.734. The maximum atomic E-state index is 10.0. The summed E-state index contributed by atoms with van der Waals surface area (Å²) in [6.07, 6.45) is 0.454. The lowest BCUT2D eigenvalue weighted by atomic mass is 10.1.